The van der Waals surface area contributed by atoms with Gasteiger partial charge in [-0.05, 0) is 40.3 Å². The van der Waals surface area contributed by atoms with E-state index in [1.807, 2.05) is 0 Å². The Labute approximate surface area is 117 Å². The van der Waals surface area contributed by atoms with Gasteiger partial charge in [-0.2, -0.15) is 0 Å². The smallest absolute Gasteiger partial charge is 0.303 e. The fraction of sp³-hybridized carbons (Fsp3) is 0.455. The predicted molar refractivity (Wildman–Crippen MR) is 71.6 cm³/mol. The third-order valence-corrected chi connectivity index (χ3v) is 5.20. The van der Waals surface area contributed by atoms with Crippen molar-refractivity contribution in [3.63, 3.8) is 0 Å². The summed E-state index contributed by atoms with van der Waals surface area (Å²) in [5.74, 6) is 0.0817. The third-order valence-electron chi connectivity index (χ3n) is 2.77. The summed E-state index contributed by atoms with van der Waals surface area (Å²) in [7, 11) is 0. The van der Waals surface area contributed by atoms with Crippen molar-refractivity contribution in [3.05, 3.63) is 21.8 Å². The van der Waals surface area contributed by atoms with Crippen LogP contribution < -0.4 is 0 Å². The van der Waals surface area contributed by atoms with Crippen molar-refractivity contribution in [2.24, 2.45) is 5.41 Å². The minimum Gasteiger partial charge on any atom is -0.481 e. The Bertz CT molecular complexity index is 451. The SMILES string of the molecule is O=C(O)CC1(CSc2ncc(Cl)cc2Br)CC1. The van der Waals surface area contributed by atoms with Crippen LogP contribution in [0.5, 0.6) is 0 Å². The number of rotatable bonds is 5. The molecule has 0 atom stereocenters. The Morgan fingerprint density at radius 2 is 2.35 bits per heavy atom. The maximum atomic E-state index is 10.7. The van der Waals surface area contributed by atoms with Crippen LogP contribution in [0.1, 0.15) is 19.3 Å². The summed E-state index contributed by atoms with van der Waals surface area (Å²) >= 11 is 10.8. The quantitative estimate of drug-likeness (QED) is 0.830. The second kappa shape index (κ2) is 5.16. The number of carboxylic acids is 1. The highest BCUT2D eigenvalue weighted by Crippen LogP contribution is 2.52. The van der Waals surface area contributed by atoms with Gasteiger partial charge in [-0.25, -0.2) is 4.98 Å². The number of hydrogen-bond donors (Lipinski definition) is 1. The Morgan fingerprint density at radius 1 is 1.65 bits per heavy atom. The summed E-state index contributed by atoms with van der Waals surface area (Å²) < 4.78 is 0.862. The molecule has 1 heterocycles. The van der Waals surface area contributed by atoms with Gasteiger partial charge in [-0.1, -0.05) is 11.6 Å². The van der Waals surface area contributed by atoms with E-state index >= 15 is 0 Å². The number of hydrogen-bond acceptors (Lipinski definition) is 3. The summed E-state index contributed by atoms with van der Waals surface area (Å²) in [5.41, 5.74) is -0.0166. The zero-order valence-electron chi connectivity index (χ0n) is 8.95. The van der Waals surface area contributed by atoms with Gasteiger partial charge >= 0.3 is 5.97 Å². The Kier molecular flexibility index (Phi) is 4.00. The number of aliphatic carboxylic acids is 1. The van der Waals surface area contributed by atoms with E-state index in [0.29, 0.717) is 5.02 Å². The molecule has 0 bridgehead atoms. The molecule has 92 valence electrons. The number of thioether (sulfide) groups is 1. The number of aromatic nitrogens is 1. The molecule has 1 aliphatic rings. The van der Waals surface area contributed by atoms with E-state index < -0.39 is 5.97 Å². The van der Waals surface area contributed by atoms with Crippen molar-refractivity contribution < 1.29 is 9.90 Å². The number of carboxylic acid groups (broad SMARTS) is 1. The molecule has 1 N–H and O–H groups in total. The average molecular weight is 337 g/mol. The molecule has 0 radical (unpaired) electrons. The highest BCUT2D eigenvalue weighted by molar-refractivity contribution is 9.10. The van der Waals surface area contributed by atoms with Gasteiger partial charge < -0.3 is 5.11 Å². The van der Waals surface area contributed by atoms with Crippen LogP contribution in [-0.2, 0) is 4.79 Å². The molecule has 0 aromatic carbocycles. The highest BCUT2D eigenvalue weighted by Gasteiger charge is 2.44. The molecule has 1 aliphatic carbocycles. The largest absolute Gasteiger partial charge is 0.481 e. The van der Waals surface area contributed by atoms with Crippen LogP contribution >= 0.6 is 39.3 Å². The van der Waals surface area contributed by atoms with E-state index in [1.165, 1.54) is 0 Å². The number of pyridine rings is 1. The van der Waals surface area contributed by atoms with Gasteiger partial charge in [0.15, 0.2) is 0 Å². The van der Waals surface area contributed by atoms with Crippen LogP contribution in [0.15, 0.2) is 21.8 Å². The Morgan fingerprint density at radius 3 is 2.88 bits per heavy atom. The number of nitrogens with zero attached hydrogens (tertiary/aromatic N) is 1. The van der Waals surface area contributed by atoms with Gasteiger partial charge in [-0.3, -0.25) is 4.79 Å². The summed E-state index contributed by atoms with van der Waals surface area (Å²) in [4.78, 5) is 15.0. The van der Waals surface area contributed by atoms with Crippen molar-refractivity contribution in [3.8, 4) is 0 Å². The topological polar surface area (TPSA) is 50.2 Å². The van der Waals surface area contributed by atoms with Crippen LogP contribution in [0, 0.1) is 5.41 Å². The van der Waals surface area contributed by atoms with Crippen molar-refractivity contribution in [2.45, 2.75) is 24.3 Å². The molecule has 1 aromatic heterocycles. The second-order valence-corrected chi connectivity index (χ2v) is 6.55. The van der Waals surface area contributed by atoms with E-state index in [0.717, 1.165) is 28.1 Å². The van der Waals surface area contributed by atoms with E-state index in [1.54, 1.807) is 24.0 Å². The molecule has 17 heavy (non-hydrogen) atoms. The molecule has 2 rings (SSSR count). The molecule has 0 unspecified atom stereocenters. The molecule has 1 saturated carbocycles. The van der Waals surface area contributed by atoms with Gasteiger partial charge in [0.05, 0.1) is 15.9 Å². The van der Waals surface area contributed by atoms with Crippen LogP contribution in [0.25, 0.3) is 0 Å². The summed E-state index contributed by atoms with van der Waals surface area (Å²) in [6.45, 7) is 0. The van der Waals surface area contributed by atoms with Crippen molar-refractivity contribution in [1.82, 2.24) is 4.98 Å². The van der Waals surface area contributed by atoms with Crippen molar-refractivity contribution in [2.75, 3.05) is 5.75 Å². The summed E-state index contributed by atoms with van der Waals surface area (Å²) in [6.07, 6.45) is 3.85. The second-order valence-electron chi connectivity index (χ2n) is 4.30. The zero-order chi connectivity index (χ0) is 12.5. The van der Waals surface area contributed by atoms with Gasteiger partial charge in [0, 0.05) is 11.9 Å². The number of carbonyl (C=O) groups is 1. The van der Waals surface area contributed by atoms with Gasteiger partial charge in [-0.15, -0.1) is 11.8 Å². The van der Waals surface area contributed by atoms with Gasteiger partial charge in [0.25, 0.3) is 0 Å². The van der Waals surface area contributed by atoms with E-state index in [-0.39, 0.29) is 11.8 Å². The monoisotopic (exact) mass is 335 g/mol. The first-order valence-electron chi connectivity index (χ1n) is 5.16. The van der Waals surface area contributed by atoms with Crippen LogP contribution in [-0.4, -0.2) is 21.8 Å². The molecule has 3 nitrogen and oxygen atoms in total. The maximum Gasteiger partial charge on any atom is 0.303 e. The normalized spacial score (nSPS) is 16.8. The minimum atomic E-state index is -0.716. The van der Waals surface area contributed by atoms with Crippen LogP contribution in [0.3, 0.4) is 0 Å². The molecular formula is C11H11BrClNO2S. The lowest BCUT2D eigenvalue weighted by molar-refractivity contribution is -0.138. The minimum absolute atomic E-state index is 0.0166. The fourth-order valence-corrected chi connectivity index (χ4v) is 3.74. The first-order valence-corrected chi connectivity index (χ1v) is 7.32. The predicted octanol–water partition coefficient (Wildman–Crippen LogP) is 3.84. The highest BCUT2D eigenvalue weighted by atomic mass is 79.9. The molecule has 6 heteroatoms. The van der Waals surface area contributed by atoms with Crippen molar-refractivity contribution >= 4 is 45.3 Å². The van der Waals surface area contributed by atoms with E-state index in [9.17, 15) is 4.79 Å². The average Bonchev–Trinajstić information content (AvgIpc) is 2.96. The molecule has 1 fully saturated rings. The lowest BCUT2D eigenvalue weighted by Gasteiger charge is -2.11. The van der Waals surface area contributed by atoms with E-state index in [2.05, 4.69) is 20.9 Å². The van der Waals surface area contributed by atoms with Crippen LogP contribution in [0.2, 0.25) is 5.02 Å². The molecule has 1 aromatic rings. The van der Waals surface area contributed by atoms with Crippen LogP contribution in [0.4, 0.5) is 0 Å². The lowest BCUT2D eigenvalue weighted by Crippen LogP contribution is -2.11. The van der Waals surface area contributed by atoms with Gasteiger partial charge in [0.2, 0.25) is 0 Å². The Balaban J connectivity index is 1.96. The third kappa shape index (κ3) is 3.60. The molecule has 0 amide bonds. The van der Waals surface area contributed by atoms with E-state index in [4.69, 9.17) is 16.7 Å². The Hall–Kier alpha value is -0.260. The first kappa shape index (κ1) is 13.2. The number of halogens is 2. The van der Waals surface area contributed by atoms with Crippen molar-refractivity contribution in [1.29, 1.82) is 0 Å². The zero-order valence-corrected chi connectivity index (χ0v) is 12.1. The summed E-state index contributed by atoms with van der Waals surface area (Å²) in [5, 5.41) is 10.3. The standard InChI is InChI=1S/C11H11BrClNO2S/c12-8-3-7(13)5-14-10(8)17-6-11(1-2-11)4-9(15)16/h3,5H,1-2,4,6H2,(H,15,16). The fourth-order valence-electron chi connectivity index (χ4n) is 1.60. The molecule has 0 aliphatic heterocycles. The summed E-state index contributed by atoms with van der Waals surface area (Å²) in [6, 6.07) is 1.80. The molecule has 0 saturated heterocycles. The first-order chi connectivity index (χ1) is 8.01. The maximum absolute atomic E-state index is 10.7. The molecule has 0 spiro atoms. The lowest BCUT2D eigenvalue weighted by atomic mass is 10.1. The van der Waals surface area contributed by atoms with Gasteiger partial charge in [0.1, 0.15) is 5.03 Å². The molecular weight excluding hydrogens is 326 g/mol.